The quantitative estimate of drug-likeness (QED) is 0.678. The fourth-order valence-electron chi connectivity index (χ4n) is 2.83. The molecule has 3 rings (SSSR count). The average molecular weight is 317 g/mol. The van der Waals surface area contributed by atoms with Crippen molar-refractivity contribution >= 4 is 0 Å². The van der Waals surface area contributed by atoms with Crippen LogP contribution < -0.4 is 10.1 Å². The Balaban J connectivity index is 1.72. The van der Waals surface area contributed by atoms with Crippen LogP contribution in [0.3, 0.4) is 0 Å². The summed E-state index contributed by atoms with van der Waals surface area (Å²) in [7, 11) is 1.69. The van der Waals surface area contributed by atoms with Crippen molar-refractivity contribution in [3.05, 3.63) is 102 Å². The number of ether oxygens (including phenoxy) is 1. The minimum Gasteiger partial charge on any atom is -0.497 e. The summed E-state index contributed by atoms with van der Waals surface area (Å²) >= 11 is 0. The van der Waals surface area contributed by atoms with E-state index in [-0.39, 0.29) is 6.04 Å². The van der Waals surface area contributed by atoms with Crippen molar-refractivity contribution in [2.45, 2.75) is 19.0 Å². The molecule has 3 aromatic rings. The number of methoxy groups -OCH3 is 1. The zero-order chi connectivity index (χ0) is 16.6. The number of nitrogens with one attached hydrogen (secondary N) is 1. The molecule has 0 fully saturated rings. The molecular weight excluding hydrogens is 294 g/mol. The largest absolute Gasteiger partial charge is 0.497 e. The van der Waals surface area contributed by atoms with Crippen LogP contribution in [0.1, 0.15) is 22.7 Å². The van der Waals surface area contributed by atoms with Crippen LogP contribution in [0.4, 0.5) is 0 Å². The lowest BCUT2D eigenvalue weighted by Crippen LogP contribution is -2.23. The van der Waals surface area contributed by atoms with Gasteiger partial charge in [-0.15, -0.1) is 0 Å². The summed E-state index contributed by atoms with van der Waals surface area (Å²) in [5.41, 5.74) is 3.91. The van der Waals surface area contributed by atoms with E-state index in [0.29, 0.717) is 0 Å². The first-order valence-corrected chi connectivity index (χ1v) is 8.30. The highest BCUT2D eigenvalue weighted by Gasteiger charge is 2.11. The van der Waals surface area contributed by atoms with E-state index in [4.69, 9.17) is 4.74 Å². The van der Waals surface area contributed by atoms with Crippen molar-refractivity contribution < 1.29 is 4.74 Å². The summed E-state index contributed by atoms with van der Waals surface area (Å²) in [6.07, 6.45) is 0.973. The Kier molecular flexibility index (Phi) is 5.65. The normalized spacial score (nSPS) is 11.9. The van der Waals surface area contributed by atoms with Gasteiger partial charge in [0.2, 0.25) is 0 Å². The Labute approximate surface area is 144 Å². The van der Waals surface area contributed by atoms with Crippen molar-refractivity contribution in [2.75, 3.05) is 7.11 Å². The lowest BCUT2D eigenvalue weighted by molar-refractivity contribution is 0.414. The van der Waals surface area contributed by atoms with Crippen LogP contribution in [0.2, 0.25) is 0 Å². The third kappa shape index (κ3) is 4.46. The number of benzene rings is 3. The van der Waals surface area contributed by atoms with Crippen LogP contribution >= 0.6 is 0 Å². The monoisotopic (exact) mass is 317 g/mol. The zero-order valence-electron chi connectivity index (χ0n) is 14.0. The standard InChI is InChI=1S/C22H23NO/c1-24-21-14-12-19(13-15-21)17-23-22(20-10-6-3-7-11-20)16-18-8-4-2-5-9-18/h2-15,22-23H,16-17H2,1H3. The first-order chi connectivity index (χ1) is 11.8. The molecule has 0 heterocycles. The number of hydrogen-bond donors (Lipinski definition) is 1. The summed E-state index contributed by atoms with van der Waals surface area (Å²) < 4.78 is 5.22. The molecule has 2 nitrogen and oxygen atoms in total. The molecule has 0 saturated heterocycles. The van der Waals surface area contributed by atoms with E-state index < -0.39 is 0 Å². The Bertz CT molecular complexity index is 723. The Hall–Kier alpha value is -2.58. The first kappa shape index (κ1) is 16.3. The first-order valence-electron chi connectivity index (χ1n) is 8.30. The van der Waals surface area contributed by atoms with Gasteiger partial charge in [0.05, 0.1) is 7.11 Å². The topological polar surface area (TPSA) is 21.3 Å². The summed E-state index contributed by atoms with van der Waals surface area (Å²) in [4.78, 5) is 0. The van der Waals surface area contributed by atoms with Crippen LogP contribution in [0.5, 0.6) is 5.75 Å². The summed E-state index contributed by atoms with van der Waals surface area (Å²) in [6.45, 7) is 0.830. The van der Waals surface area contributed by atoms with Crippen molar-refractivity contribution in [2.24, 2.45) is 0 Å². The summed E-state index contributed by atoms with van der Waals surface area (Å²) in [5, 5.41) is 3.70. The smallest absolute Gasteiger partial charge is 0.118 e. The van der Waals surface area contributed by atoms with Gasteiger partial charge in [-0.05, 0) is 35.2 Å². The molecule has 1 N–H and O–H groups in total. The Morgan fingerprint density at radius 2 is 1.38 bits per heavy atom. The van der Waals surface area contributed by atoms with Gasteiger partial charge in [0.25, 0.3) is 0 Å². The summed E-state index contributed by atoms with van der Waals surface area (Å²) in [5.74, 6) is 0.891. The van der Waals surface area contributed by atoms with Gasteiger partial charge in [0, 0.05) is 12.6 Å². The molecule has 0 radical (unpaired) electrons. The van der Waals surface area contributed by atoms with Crippen LogP contribution in [0.25, 0.3) is 0 Å². The molecule has 0 spiro atoms. The van der Waals surface area contributed by atoms with Gasteiger partial charge in [-0.3, -0.25) is 0 Å². The SMILES string of the molecule is COc1ccc(CNC(Cc2ccccc2)c2ccccc2)cc1. The molecule has 3 aromatic carbocycles. The van der Waals surface area contributed by atoms with E-state index >= 15 is 0 Å². The maximum absolute atomic E-state index is 5.22. The maximum atomic E-state index is 5.22. The van der Waals surface area contributed by atoms with Crippen molar-refractivity contribution in [3.8, 4) is 5.75 Å². The highest BCUT2D eigenvalue weighted by molar-refractivity contribution is 5.28. The van der Waals surface area contributed by atoms with E-state index in [2.05, 4.69) is 78.1 Å². The molecule has 2 heteroatoms. The molecule has 1 unspecified atom stereocenters. The minimum atomic E-state index is 0.288. The minimum absolute atomic E-state index is 0.288. The highest BCUT2D eigenvalue weighted by Crippen LogP contribution is 2.19. The second-order valence-corrected chi connectivity index (χ2v) is 5.88. The van der Waals surface area contributed by atoms with Crippen LogP contribution in [-0.4, -0.2) is 7.11 Å². The lowest BCUT2D eigenvalue weighted by atomic mass is 9.98. The van der Waals surface area contributed by atoms with E-state index in [1.807, 2.05) is 12.1 Å². The van der Waals surface area contributed by atoms with Gasteiger partial charge in [0.1, 0.15) is 5.75 Å². The second kappa shape index (κ2) is 8.32. The third-order valence-corrected chi connectivity index (χ3v) is 4.20. The van der Waals surface area contributed by atoms with Crippen LogP contribution in [0.15, 0.2) is 84.9 Å². The maximum Gasteiger partial charge on any atom is 0.118 e. The van der Waals surface area contributed by atoms with E-state index in [1.54, 1.807) is 7.11 Å². The Morgan fingerprint density at radius 3 is 2.00 bits per heavy atom. The van der Waals surface area contributed by atoms with Crippen LogP contribution in [-0.2, 0) is 13.0 Å². The van der Waals surface area contributed by atoms with Crippen molar-refractivity contribution in [1.29, 1.82) is 0 Å². The molecule has 24 heavy (non-hydrogen) atoms. The molecule has 122 valence electrons. The fraction of sp³-hybridized carbons (Fsp3) is 0.182. The van der Waals surface area contributed by atoms with Gasteiger partial charge in [-0.1, -0.05) is 72.8 Å². The molecule has 0 aliphatic heterocycles. The van der Waals surface area contributed by atoms with E-state index in [1.165, 1.54) is 16.7 Å². The molecule has 1 atom stereocenters. The fourth-order valence-corrected chi connectivity index (χ4v) is 2.83. The zero-order valence-corrected chi connectivity index (χ0v) is 14.0. The third-order valence-electron chi connectivity index (χ3n) is 4.20. The molecule has 0 bridgehead atoms. The van der Waals surface area contributed by atoms with E-state index in [9.17, 15) is 0 Å². The molecule has 0 aliphatic rings. The predicted molar refractivity (Wildman–Crippen MR) is 99.2 cm³/mol. The van der Waals surface area contributed by atoms with Gasteiger partial charge in [-0.25, -0.2) is 0 Å². The number of hydrogen-bond acceptors (Lipinski definition) is 2. The van der Waals surface area contributed by atoms with Gasteiger partial charge in [0.15, 0.2) is 0 Å². The van der Waals surface area contributed by atoms with Crippen LogP contribution in [0, 0.1) is 0 Å². The van der Waals surface area contributed by atoms with Gasteiger partial charge < -0.3 is 10.1 Å². The molecule has 0 amide bonds. The molecule has 0 aliphatic carbocycles. The second-order valence-electron chi connectivity index (χ2n) is 5.88. The Morgan fingerprint density at radius 1 is 0.750 bits per heavy atom. The molecule has 0 aromatic heterocycles. The van der Waals surface area contributed by atoms with Crippen molar-refractivity contribution in [3.63, 3.8) is 0 Å². The molecular formula is C22H23NO. The molecule has 0 saturated carbocycles. The van der Waals surface area contributed by atoms with E-state index in [0.717, 1.165) is 18.7 Å². The van der Waals surface area contributed by atoms with Gasteiger partial charge in [-0.2, -0.15) is 0 Å². The summed E-state index contributed by atoms with van der Waals surface area (Å²) in [6, 6.07) is 29.8. The highest BCUT2D eigenvalue weighted by atomic mass is 16.5. The van der Waals surface area contributed by atoms with Gasteiger partial charge >= 0.3 is 0 Å². The number of rotatable bonds is 7. The van der Waals surface area contributed by atoms with Crippen molar-refractivity contribution in [1.82, 2.24) is 5.32 Å². The predicted octanol–water partition coefficient (Wildman–Crippen LogP) is 4.77. The lowest BCUT2D eigenvalue weighted by Gasteiger charge is -2.20. The average Bonchev–Trinajstić information content (AvgIpc) is 2.67.